The van der Waals surface area contributed by atoms with Crippen LogP contribution in [0.1, 0.15) is 10.4 Å². The van der Waals surface area contributed by atoms with E-state index in [0.717, 1.165) is 11.4 Å². The Hall–Kier alpha value is -3.51. The summed E-state index contributed by atoms with van der Waals surface area (Å²) in [4.78, 5) is 24.4. The Balaban J connectivity index is 1.52. The molecule has 3 aromatic rings. The third-order valence-electron chi connectivity index (χ3n) is 4.10. The normalized spacial score (nSPS) is 10.1. The Morgan fingerprint density at radius 3 is 2.17 bits per heavy atom. The summed E-state index contributed by atoms with van der Waals surface area (Å²) in [6.07, 6.45) is 0. The Morgan fingerprint density at radius 1 is 0.862 bits per heavy atom. The van der Waals surface area contributed by atoms with Crippen LogP contribution in [-0.4, -0.2) is 25.5 Å². The summed E-state index contributed by atoms with van der Waals surface area (Å²) < 4.78 is 5.10. The second kappa shape index (κ2) is 9.61. The van der Waals surface area contributed by atoms with Crippen molar-refractivity contribution in [1.29, 1.82) is 0 Å². The van der Waals surface area contributed by atoms with E-state index in [0.29, 0.717) is 22.0 Å². The third kappa shape index (κ3) is 5.73. The van der Waals surface area contributed by atoms with Gasteiger partial charge in [-0.05, 0) is 60.7 Å². The Morgan fingerprint density at radius 2 is 1.52 bits per heavy atom. The summed E-state index contributed by atoms with van der Waals surface area (Å²) in [5.74, 6) is 0.273. The number of rotatable bonds is 7. The number of nitrogens with one attached hydrogen (secondary N) is 3. The maximum atomic E-state index is 12.3. The van der Waals surface area contributed by atoms with E-state index in [1.54, 1.807) is 79.9 Å². The molecule has 3 aromatic carbocycles. The van der Waals surface area contributed by atoms with Crippen LogP contribution >= 0.6 is 11.6 Å². The van der Waals surface area contributed by atoms with Gasteiger partial charge in [0.1, 0.15) is 5.75 Å². The quantitative estimate of drug-likeness (QED) is 0.530. The van der Waals surface area contributed by atoms with Crippen LogP contribution in [0.2, 0.25) is 5.02 Å². The van der Waals surface area contributed by atoms with E-state index in [9.17, 15) is 9.59 Å². The Kier molecular flexibility index (Phi) is 6.71. The topological polar surface area (TPSA) is 79.5 Å². The number of halogens is 1. The van der Waals surface area contributed by atoms with Gasteiger partial charge in [0.15, 0.2) is 0 Å². The Bertz CT molecular complexity index is 989. The van der Waals surface area contributed by atoms with E-state index >= 15 is 0 Å². The van der Waals surface area contributed by atoms with Gasteiger partial charge in [-0.1, -0.05) is 23.7 Å². The van der Waals surface area contributed by atoms with E-state index in [1.165, 1.54) is 0 Å². The highest BCUT2D eigenvalue weighted by molar-refractivity contribution is 6.33. The van der Waals surface area contributed by atoms with Gasteiger partial charge in [-0.25, -0.2) is 0 Å². The summed E-state index contributed by atoms with van der Waals surface area (Å²) in [5.41, 5.74) is 2.47. The first kappa shape index (κ1) is 20.2. The number of hydrogen-bond donors (Lipinski definition) is 3. The monoisotopic (exact) mass is 409 g/mol. The van der Waals surface area contributed by atoms with Crippen molar-refractivity contribution in [3.05, 3.63) is 83.4 Å². The third-order valence-corrected chi connectivity index (χ3v) is 4.43. The molecule has 0 radical (unpaired) electrons. The fourth-order valence-electron chi connectivity index (χ4n) is 2.56. The number of carbonyl (C=O) groups is 2. The van der Waals surface area contributed by atoms with Crippen molar-refractivity contribution in [2.24, 2.45) is 0 Å². The molecule has 0 aliphatic heterocycles. The fourth-order valence-corrected chi connectivity index (χ4v) is 2.74. The number of ether oxygens (including phenoxy) is 1. The molecule has 29 heavy (non-hydrogen) atoms. The maximum absolute atomic E-state index is 12.3. The second-order valence-corrected chi connectivity index (χ2v) is 6.55. The first-order valence-electron chi connectivity index (χ1n) is 8.89. The lowest BCUT2D eigenvalue weighted by Gasteiger charge is -2.10. The van der Waals surface area contributed by atoms with Gasteiger partial charge < -0.3 is 20.7 Å². The average Bonchev–Trinajstić information content (AvgIpc) is 2.75. The van der Waals surface area contributed by atoms with E-state index in [4.69, 9.17) is 16.3 Å². The molecule has 0 aliphatic carbocycles. The van der Waals surface area contributed by atoms with Crippen molar-refractivity contribution < 1.29 is 14.3 Å². The lowest BCUT2D eigenvalue weighted by molar-refractivity contribution is -0.114. The fraction of sp³-hybridized carbons (Fsp3) is 0.0909. The van der Waals surface area contributed by atoms with Crippen molar-refractivity contribution in [3.8, 4) is 5.75 Å². The Labute approximate surface area is 173 Å². The van der Waals surface area contributed by atoms with Gasteiger partial charge in [-0.3, -0.25) is 9.59 Å². The molecule has 0 saturated carbocycles. The molecule has 0 aromatic heterocycles. The zero-order chi connectivity index (χ0) is 20.6. The van der Waals surface area contributed by atoms with Gasteiger partial charge in [0.05, 0.1) is 24.4 Å². The van der Waals surface area contributed by atoms with Crippen LogP contribution < -0.4 is 20.7 Å². The summed E-state index contributed by atoms with van der Waals surface area (Å²) in [6.45, 7) is 0.0720. The molecule has 0 aliphatic rings. The van der Waals surface area contributed by atoms with E-state index in [-0.39, 0.29) is 18.4 Å². The van der Waals surface area contributed by atoms with Crippen LogP contribution in [0.3, 0.4) is 0 Å². The summed E-state index contributed by atoms with van der Waals surface area (Å²) in [7, 11) is 1.59. The molecule has 0 unspecified atom stereocenters. The first-order chi connectivity index (χ1) is 14.0. The number of para-hydroxylation sites is 1. The minimum atomic E-state index is -0.224. The molecule has 6 nitrogen and oxygen atoms in total. The SMILES string of the molecule is COc1ccc(NC(=O)c2ccc(NCC(=O)Nc3ccccc3Cl)cc2)cc1. The number of benzene rings is 3. The zero-order valence-corrected chi connectivity index (χ0v) is 16.5. The minimum Gasteiger partial charge on any atom is -0.497 e. The van der Waals surface area contributed by atoms with Crippen LogP contribution in [0.15, 0.2) is 72.8 Å². The number of methoxy groups -OCH3 is 1. The summed E-state index contributed by atoms with van der Waals surface area (Å²) in [6, 6.07) is 21.0. The molecule has 0 heterocycles. The molecule has 0 spiro atoms. The lowest BCUT2D eigenvalue weighted by atomic mass is 10.2. The molecule has 7 heteroatoms. The average molecular weight is 410 g/mol. The highest BCUT2D eigenvalue weighted by Crippen LogP contribution is 2.20. The van der Waals surface area contributed by atoms with Crippen molar-refractivity contribution in [1.82, 2.24) is 0 Å². The van der Waals surface area contributed by atoms with Gasteiger partial charge >= 0.3 is 0 Å². The highest BCUT2D eigenvalue weighted by Gasteiger charge is 2.08. The van der Waals surface area contributed by atoms with Gasteiger partial charge in [0.25, 0.3) is 5.91 Å². The molecule has 0 atom stereocenters. The van der Waals surface area contributed by atoms with Gasteiger partial charge in [-0.2, -0.15) is 0 Å². The molecule has 3 N–H and O–H groups in total. The van der Waals surface area contributed by atoms with Crippen molar-refractivity contribution in [3.63, 3.8) is 0 Å². The van der Waals surface area contributed by atoms with E-state index in [2.05, 4.69) is 16.0 Å². The molecule has 0 bridgehead atoms. The molecule has 0 fully saturated rings. The van der Waals surface area contributed by atoms with Crippen LogP contribution in [0.5, 0.6) is 5.75 Å². The first-order valence-corrected chi connectivity index (χ1v) is 9.26. The molecular formula is C22H20ClN3O3. The standard InChI is InChI=1S/C22H20ClN3O3/c1-29-18-12-10-17(11-13-18)25-22(28)15-6-8-16(9-7-15)24-14-21(27)26-20-5-3-2-4-19(20)23/h2-13,24H,14H2,1H3,(H,25,28)(H,26,27). The van der Waals surface area contributed by atoms with Crippen molar-refractivity contribution in [2.45, 2.75) is 0 Å². The highest BCUT2D eigenvalue weighted by atomic mass is 35.5. The number of hydrogen-bond acceptors (Lipinski definition) is 4. The second-order valence-electron chi connectivity index (χ2n) is 6.14. The maximum Gasteiger partial charge on any atom is 0.255 e. The summed E-state index contributed by atoms with van der Waals surface area (Å²) in [5, 5.41) is 9.05. The van der Waals surface area contributed by atoms with Gasteiger partial charge in [0.2, 0.25) is 5.91 Å². The van der Waals surface area contributed by atoms with Crippen LogP contribution in [-0.2, 0) is 4.79 Å². The van der Waals surface area contributed by atoms with Crippen molar-refractivity contribution >= 4 is 40.5 Å². The van der Waals surface area contributed by atoms with Crippen LogP contribution in [0, 0.1) is 0 Å². The van der Waals surface area contributed by atoms with E-state index in [1.807, 2.05) is 0 Å². The number of amides is 2. The molecule has 0 saturated heterocycles. The van der Waals surface area contributed by atoms with Crippen molar-refractivity contribution in [2.75, 3.05) is 29.6 Å². The smallest absolute Gasteiger partial charge is 0.255 e. The number of carbonyl (C=O) groups excluding carboxylic acids is 2. The van der Waals surface area contributed by atoms with E-state index < -0.39 is 0 Å². The molecular weight excluding hydrogens is 390 g/mol. The molecule has 3 rings (SSSR count). The molecule has 2 amide bonds. The van der Waals surface area contributed by atoms with Gasteiger partial charge in [-0.15, -0.1) is 0 Å². The molecule has 148 valence electrons. The largest absolute Gasteiger partial charge is 0.497 e. The lowest BCUT2D eigenvalue weighted by Crippen LogP contribution is -2.22. The zero-order valence-electron chi connectivity index (χ0n) is 15.7. The number of anilines is 3. The predicted molar refractivity (Wildman–Crippen MR) is 116 cm³/mol. The predicted octanol–water partition coefficient (Wildman–Crippen LogP) is 4.65. The van der Waals surface area contributed by atoms with Crippen LogP contribution in [0.4, 0.5) is 17.1 Å². The summed E-state index contributed by atoms with van der Waals surface area (Å²) >= 11 is 6.03. The van der Waals surface area contributed by atoms with Gasteiger partial charge in [0, 0.05) is 16.9 Å². The minimum absolute atomic E-state index is 0.0720. The van der Waals surface area contributed by atoms with Crippen LogP contribution in [0.25, 0.3) is 0 Å².